The monoisotopic (exact) mass is 537 g/mol. The minimum Gasteiger partial charge on any atom is -1.00 e. The van der Waals surface area contributed by atoms with E-state index in [9.17, 15) is 4.79 Å². The number of quaternary nitrogens is 1. The number of nitrogens with zero attached hydrogens (tertiary/aromatic N) is 1. The second-order valence-corrected chi connectivity index (χ2v) is 8.26. The molecule has 166 valence electrons. The summed E-state index contributed by atoms with van der Waals surface area (Å²) >= 11 is 0. The van der Waals surface area contributed by atoms with Crippen molar-refractivity contribution < 1.29 is 52.2 Å². The molecule has 7 heteroatoms. The van der Waals surface area contributed by atoms with Gasteiger partial charge in [-0.15, -0.1) is 0 Å². The Bertz CT molecular complexity index is 984. The Morgan fingerprint density at radius 2 is 1.90 bits per heavy atom. The van der Waals surface area contributed by atoms with E-state index in [0.717, 1.165) is 35.6 Å². The van der Waals surface area contributed by atoms with Gasteiger partial charge in [-0.05, 0) is 35.4 Å². The highest BCUT2D eigenvalue weighted by Gasteiger charge is 2.41. The fourth-order valence-corrected chi connectivity index (χ4v) is 4.28. The summed E-state index contributed by atoms with van der Waals surface area (Å²) in [6.07, 6.45) is 4.81. The summed E-state index contributed by atoms with van der Waals surface area (Å²) in [4.78, 5) is 12.9. The van der Waals surface area contributed by atoms with Gasteiger partial charge in [0.15, 0.2) is 17.3 Å². The molecule has 31 heavy (non-hydrogen) atoms. The first-order valence-electron chi connectivity index (χ1n) is 10.1. The van der Waals surface area contributed by atoms with Crippen molar-refractivity contribution >= 4 is 11.9 Å². The molecule has 2 aliphatic rings. The summed E-state index contributed by atoms with van der Waals surface area (Å²) in [6.45, 7) is 1.14. The van der Waals surface area contributed by atoms with Crippen LogP contribution in [0.25, 0.3) is 6.08 Å². The Morgan fingerprint density at radius 3 is 2.58 bits per heavy atom. The number of benzene rings is 2. The highest BCUT2D eigenvalue weighted by Crippen LogP contribution is 2.51. The van der Waals surface area contributed by atoms with E-state index in [2.05, 4.69) is 14.1 Å². The van der Waals surface area contributed by atoms with Gasteiger partial charge < -0.3 is 47.4 Å². The maximum atomic E-state index is 12.9. The van der Waals surface area contributed by atoms with E-state index < -0.39 is 0 Å². The van der Waals surface area contributed by atoms with Crippen molar-refractivity contribution in [2.75, 3.05) is 41.7 Å². The number of carbonyl (C=O) groups is 1. The van der Waals surface area contributed by atoms with Gasteiger partial charge in [-0.1, -0.05) is 18.2 Å². The van der Waals surface area contributed by atoms with Gasteiger partial charge in [-0.3, -0.25) is 4.79 Å². The normalized spacial score (nSPS) is 18.3. The van der Waals surface area contributed by atoms with E-state index in [4.69, 9.17) is 18.9 Å². The van der Waals surface area contributed by atoms with Crippen molar-refractivity contribution in [2.45, 2.75) is 18.9 Å². The van der Waals surface area contributed by atoms with Crippen LogP contribution in [0.1, 0.15) is 29.2 Å². The van der Waals surface area contributed by atoms with Gasteiger partial charge >= 0.3 is 0 Å². The van der Waals surface area contributed by atoms with Crippen LogP contribution >= 0.6 is 0 Å². The molecule has 0 saturated carbocycles. The quantitative estimate of drug-likeness (QED) is 0.310. The lowest BCUT2D eigenvalue weighted by atomic mass is 9.86. The van der Waals surface area contributed by atoms with Gasteiger partial charge in [0, 0.05) is 6.42 Å². The molecule has 1 atom stereocenters. The molecule has 2 heterocycles. The lowest BCUT2D eigenvalue weighted by molar-refractivity contribution is -0.922. The number of carbonyl (C=O) groups excluding carboxylic acids is 1. The summed E-state index contributed by atoms with van der Waals surface area (Å²) in [5, 5.41) is 0. The van der Waals surface area contributed by atoms with E-state index >= 15 is 0 Å². The largest absolute Gasteiger partial charge is 1.00 e. The van der Waals surface area contributed by atoms with Gasteiger partial charge in [0.1, 0.15) is 11.8 Å². The van der Waals surface area contributed by atoms with Crippen molar-refractivity contribution in [3.8, 4) is 23.0 Å². The van der Waals surface area contributed by atoms with Crippen LogP contribution in [0, 0.1) is 0 Å². The van der Waals surface area contributed by atoms with Crippen LogP contribution in [-0.4, -0.2) is 51.9 Å². The number of allylic oxidation sites excluding steroid dienone is 1. The van der Waals surface area contributed by atoms with E-state index in [-0.39, 0.29) is 42.6 Å². The summed E-state index contributed by atoms with van der Waals surface area (Å²) in [7, 11) is 7.61. The lowest BCUT2D eigenvalue weighted by Gasteiger charge is -2.43. The van der Waals surface area contributed by atoms with Crippen LogP contribution in [-0.2, 0) is 11.2 Å². The number of methoxy groups -OCH3 is 2. The molecule has 0 spiro atoms. The minimum absolute atomic E-state index is 0. The maximum Gasteiger partial charge on any atom is 0.231 e. The number of hydrogen-bond acceptors (Lipinski definition) is 5. The average molecular weight is 537 g/mol. The molecule has 0 bridgehead atoms. The molecule has 4 rings (SSSR count). The molecule has 2 aromatic carbocycles. The summed E-state index contributed by atoms with van der Waals surface area (Å²) < 4.78 is 22.9. The number of likely N-dealkylation sites (N-methyl/N-ethyl adjacent to an activating group) is 1. The average Bonchev–Trinajstić information content (AvgIpc) is 3.21. The third-order valence-corrected chi connectivity index (χ3v) is 6.05. The molecule has 0 N–H and O–H groups in total. The zero-order valence-corrected chi connectivity index (χ0v) is 20.5. The molecule has 0 aromatic heterocycles. The van der Waals surface area contributed by atoms with Crippen LogP contribution in [0.3, 0.4) is 0 Å². The standard InChI is InChI=1S/C24H28NO5.HI/c1-25(2)12-11-17-13-21-23(30-15-29-21)24(28-4)22(17)20(25)14-18(26)8-5-16-6-9-19(27-3)10-7-16;/h5-10,13,20H,11-12,14-15H2,1-4H3;1H/q+1;/p-1/b8-5+;. The molecule has 0 radical (unpaired) electrons. The van der Waals surface area contributed by atoms with Crippen LogP contribution < -0.4 is 42.9 Å². The van der Waals surface area contributed by atoms with Gasteiger partial charge in [-0.2, -0.15) is 0 Å². The maximum absolute atomic E-state index is 12.9. The molecule has 0 saturated heterocycles. The van der Waals surface area contributed by atoms with Gasteiger partial charge in [-0.25, -0.2) is 0 Å². The van der Waals surface area contributed by atoms with E-state index in [1.54, 1.807) is 20.3 Å². The first kappa shape index (κ1) is 23.4. The predicted molar refractivity (Wildman–Crippen MR) is 114 cm³/mol. The van der Waals surface area contributed by atoms with Crippen molar-refractivity contribution in [3.63, 3.8) is 0 Å². The van der Waals surface area contributed by atoms with Crippen LogP contribution in [0.2, 0.25) is 0 Å². The Labute approximate surface area is 200 Å². The Morgan fingerprint density at radius 1 is 1.16 bits per heavy atom. The van der Waals surface area contributed by atoms with E-state index in [1.165, 1.54) is 5.56 Å². The molecule has 1 unspecified atom stereocenters. The zero-order chi connectivity index (χ0) is 21.3. The molecule has 0 amide bonds. The number of ether oxygens (including phenoxy) is 4. The first-order valence-corrected chi connectivity index (χ1v) is 10.1. The number of halogens is 1. The van der Waals surface area contributed by atoms with Gasteiger partial charge in [0.25, 0.3) is 0 Å². The summed E-state index contributed by atoms with van der Waals surface area (Å²) in [6, 6.07) is 9.66. The summed E-state index contributed by atoms with van der Waals surface area (Å²) in [5.74, 6) is 2.94. The topological polar surface area (TPSA) is 54.0 Å². The number of ketones is 1. The first-order chi connectivity index (χ1) is 14.4. The van der Waals surface area contributed by atoms with E-state index in [0.29, 0.717) is 22.4 Å². The Kier molecular flexibility index (Phi) is 7.16. The Hall–Kier alpha value is -2.26. The summed E-state index contributed by atoms with van der Waals surface area (Å²) in [5.41, 5.74) is 3.19. The molecular formula is C24H28INO5. The number of hydrogen-bond donors (Lipinski definition) is 0. The highest BCUT2D eigenvalue weighted by atomic mass is 127. The van der Waals surface area contributed by atoms with Crippen molar-refractivity contribution in [1.29, 1.82) is 0 Å². The lowest BCUT2D eigenvalue weighted by Crippen LogP contribution is -3.00. The molecule has 6 nitrogen and oxygen atoms in total. The van der Waals surface area contributed by atoms with Gasteiger partial charge in [0.05, 0.1) is 46.8 Å². The van der Waals surface area contributed by atoms with Crippen molar-refractivity contribution in [1.82, 2.24) is 0 Å². The van der Waals surface area contributed by atoms with Crippen molar-refractivity contribution in [3.05, 3.63) is 53.1 Å². The SMILES string of the molecule is COc1ccc(/C=C/C(=O)CC2c3c(cc4c(c3OC)OCO4)CC[N+]2(C)C)cc1.[I-]. The van der Waals surface area contributed by atoms with Crippen LogP contribution in [0.4, 0.5) is 0 Å². The van der Waals surface area contributed by atoms with Gasteiger partial charge in [0.2, 0.25) is 12.5 Å². The second kappa shape index (κ2) is 9.48. The third kappa shape index (κ3) is 4.67. The second-order valence-electron chi connectivity index (χ2n) is 8.26. The molecule has 2 aliphatic heterocycles. The smallest absolute Gasteiger partial charge is 0.231 e. The molecular weight excluding hydrogens is 509 g/mol. The molecule has 2 aromatic rings. The number of rotatable bonds is 6. The third-order valence-electron chi connectivity index (χ3n) is 6.05. The van der Waals surface area contributed by atoms with Crippen LogP contribution in [0.5, 0.6) is 23.0 Å². The molecule has 0 fully saturated rings. The molecule has 0 aliphatic carbocycles. The minimum atomic E-state index is -0.0220. The zero-order valence-electron chi connectivity index (χ0n) is 18.3. The Balaban J connectivity index is 0.00000272. The van der Waals surface area contributed by atoms with Crippen LogP contribution in [0.15, 0.2) is 36.4 Å². The fourth-order valence-electron chi connectivity index (χ4n) is 4.28. The highest BCUT2D eigenvalue weighted by molar-refractivity contribution is 5.94. The fraction of sp³-hybridized carbons (Fsp3) is 0.375. The number of fused-ring (bicyclic) bond motifs is 2. The van der Waals surface area contributed by atoms with E-state index in [1.807, 2.05) is 36.4 Å². The predicted octanol–water partition coefficient (Wildman–Crippen LogP) is 0.783. The van der Waals surface area contributed by atoms with Crippen molar-refractivity contribution in [2.24, 2.45) is 0 Å².